The molecule has 1 aliphatic heterocycles. The van der Waals surface area contributed by atoms with Crippen LogP contribution in [-0.4, -0.2) is 53.5 Å². The van der Waals surface area contributed by atoms with Crippen molar-refractivity contribution in [1.29, 1.82) is 0 Å². The third kappa shape index (κ3) is 3.32. The first-order valence-corrected chi connectivity index (χ1v) is 9.26. The van der Waals surface area contributed by atoms with Gasteiger partial charge in [-0.2, -0.15) is 0 Å². The first-order chi connectivity index (χ1) is 12.9. The second-order valence-electron chi connectivity index (χ2n) is 8.15. The van der Waals surface area contributed by atoms with Crippen molar-refractivity contribution in [2.75, 3.05) is 13.3 Å². The number of aromatic amines is 1. The lowest BCUT2D eigenvalue weighted by atomic mass is 9.95. The summed E-state index contributed by atoms with van der Waals surface area (Å²) in [6, 6.07) is 0.0746. The van der Waals surface area contributed by atoms with Gasteiger partial charge in [-0.3, -0.25) is 4.90 Å². The van der Waals surface area contributed by atoms with Gasteiger partial charge in [0.2, 0.25) is 0 Å². The van der Waals surface area contributed by atoms with Crippen LogP contribution in [0.25, 0.3) is 11.2 Å². The molecular weight excluding hydrogens is 346 g/mol. The number of aryl methyl sites for hydroxylation is 1. The molecule has 1 saturated heterocycles. The second-order valence-corrected chi connectivity index (χ2v) is 8.15. The molecule has 0 aromatic carbocycles. The van der Waals surface area contributed by atoms with E-state index >= 15 is 0 Å². The monoisotopic (exact) mass is 371 g/mol. The summed E-state index contributed by atoms with van der Waals surface area (Å²) in [7, 11) is 0. The van der Waals surface area contributed by atoms with Crippen LogP contribution in [0.4, 0.5) is 0 Å². The summed E-state index contributed by atoms with van der Waals surface area (Å²) in [6.07, 6.45) is 2.49. The summed E-state index contributed by atoms with van der Waals surface area (Å²) >= 11 is 0. The lowest BCUT2D eigenvalue weighted by Gasteiger charge is -2.19. The van der Waals surface area contributed by atoms with E-state index in [4.69, 9.17) is 19.6 Å². The summed E-state index contributed by atoms with van der Waals surface area (Å²) in [5.74, 6) is 1.57. The van der Waals surface area contributed by atoms with Crippen LogP contribution in [0.15, 0.2) is 4.63 Å². The van der Waals surface area contributed by atoms with Crippen LogP contribution >= 0.6 is 0 Å². The average molecular weight is 371 g/mol. The van der Waals surface area contributed by atoms with E-state index in [2.05, 4.69) is 36.1 Å². The zero-order valence-corrected chi connectivity index (χ0v) is 16.2. The van der Waals surface area contributed by atoms with Crippen molar-refractivity contribution in [3.8, 4) is 0 Å². The SMILES string of the molecule is Cc1nonc1Cc1nc(C(C)(C)C)nc2nc([C@H]3CCCN3CO)[nH]c12. The van der Waals surface area contributed by atoms with Gasteiger partial charge < -0.3 is 10.1 Å². The van der Waals surface area contributed by atoms with Gasteiger partial charge in [0, 0.05) is 18.4 Å². The highest BCUT2D eigenvalue weighted by atomic mass is 16.6. The van der Waals surface area contributed by atoms with E-state index in [0.29, 0.717) is 12.1 Å². The van der Waals surface area contributed by atoms with E-state index in [1.807, 2.05) is 11.8 Å². The Morgan fingerprint density at radius 2 is 2.00 bits per heavy atom. The lowest BCUT2D eigenvalue weighted by Crippen LogP contribution is -2.24. The van der Waals surface area contributed by atoms with Crippen molar-refractivity contribution in [3.05, 3.63) is 28.7 Å². The van der Waals surface area contributed by atoms with Crippen molar-refractivity contribution >= 4 is 11.2 Å². The van der Waals surface area contributed by atoms with Gasteiger partial charge in [0.05, 0.1) is 18.5 Å². The van der Waals surface area contributed by atoms with Crippen molar-refractivity contribution in [2.45, 2.75) is 58.4 Å². The van der Waals surface area contributed by atoms with E-state index < -0.39 is 0 Å². The summed E-state index contributed by atoms with van der Waals surface area (Å²) in [5, 5.41) is 17.5. The van der Waals surface area contributed by atoms with Gasteiger partial charge in [-0.25, -0.2) is 19.6 Å². The summed E-state index contributed by atoms with van der Waals surface area (Å²) in [4.78, 5) is 19.7. The van der Waals surface area contributed by atoms with Crippen LogP contribution in [0.3, 0.4) is 0 Å². The molecule has 0 saturated carbocycles. The first-order valence-electron chi connectivity index (χ1n) is 9.26. The Kier molecular flexibility index (Phi) is 4.43. The summed E-state index contributed by atoms with van der Waals surface area (Å²) in [6.45, 7) is 9.01. The molecule has 0 bridgehead atoms. The van der Waals surface area contributed by atoms with Gasteiger partial charge in [0.1, 0.15) is 28.6 Å². The Morgan fingerprint density at radius 1 is 1.19 bits per heavy atom. The number of nitrogens with zero attached hydrogens (tertiary/aromatic N) is 6. The van der Waals surface area contributed by atoms with Gasteiger partial charge in [0.15, 0.2) is 5.65 Å². The Bertz CT molecular complexity index is 956. The molecule has 1 atom stereocenters. The maximum atomic E-state index is 9.61. The van der Waals surface area contributed by atoms with Gasteiger partial charge in [0.25, 0.3) is 0 Å². The molecule has 9 nitrogen and oxygen atoms in total. The Morgan fingerprint density at radius 3 is 2.67 bits per heavy atom. The molecule has 1 aliphatic rings. The fraction of sp³-hybridized carbons (Fsp3) is 0.611. The quantitative estimate of drug-likeness (QED) is 0.715. The van der Waals surface area contributed by atoms with E-state index in [1.165, 1.54) is 0 Å². The number of imidazole rings is 1. The minimum absolute atomic E-state index is 0.0251. The summed E-state index contributed by atoms with van der Waals surface area (Å²) < 4.78 is 4.84. The minimum Gasteiger partial charge on any atom is -0.381 e. The highest BCUT2D eigenvalue weighted by Crippen LogP contribution is 2.32. The molecule has 144 valence electrons. The van der Waals surface area contributed by atoms with Crippen LogP contribution in [-0.2, 0) is 11.8 Å². The molecular formula is C18H25N7O2. The zero-order valence-electron chi connectivity index (χ0n) is 16.2. The van der Waals surface area contributed by atoms with Crippen LogP contribution in [0, 0.1) is 6.92 Å². The van der Waals surface area contributed by atoms with Crippen molar-refractivity contribution in [1.82, 2.24) is 35.1 Å². The molecule has 3 aromatic heterocycles. The third-order valence-corrected chi connectivity index (χ3v) is 5.06. The van der Waals surface area contributed by atoms with Gasteiger partial charge in [-0.05, 0) is 19.8 Å². The minimum atomic E-state index is -0.205. The Hall–Kier alpha value is -2.39. The molecule has 0 radical (unpaired) electrons. The number of hydrogen-bond donors (Lipinski definition) is 2. The predicted molar refractivity (Wildman–Crippen MR) is 98.0 cm³/mol. The van der Waals surface area contributed by atoms with Gasteiger partial charge in [-0.15, -0.1) is 0 Å². The van der Waals surface area contributed by atoms with E-state index in [0.717, 1.165) is 53.6 Å². The topological polar surface area (TPSA) is 117 Å². The lowest BCUT2D eigenvalue weighted by molar-refractivity contribution is 0.0936. The molecule has 3 aromatic rings. The number of nitrogens with one attached hydrogen (secondary N) is 1. The number of aromatic nitrogens is 6. The van der Waals surface area contributed by atoms with Crippen molar-refractivity contribution in [2.24, 2.45) is 0 Å². The third-order valence-electron chi connectivity index (χ3n) is 5.06. The number of H-pyrrole nitrogens is 1. The molecule has 0 amide bonds. The molecule has 2 N–H and O–H groups in total. The smallest absolute Gasteiger partial charge is 0.181 e. The fourth-order valence-corrected chi connectivity index (χ4v) is 3.47. The number of hydrogen-bond acceptors (Lipinski definition) is 8. The predicted octanol–water partition coefficient (Wildman–Crippen LogP) is 2.02. The van der Waals surface area contributed by atoms with E-state index in [-0.39, 0.29) is 18.2 Å². The zero-order chi connectivity index (χ0) is 19.2. The molecule has 4 heterocycles. The number of likely N-dealkylation sites (tertiary alicyclic amines) is 1. The van der Waals surface area contributed by atoms with Crippen LogP contribution in [0.2, 0.25) is 0 Å². The normalized spacial score (nSPS) is 18.6. The number of aliphatic hydroxyl groups is 1. The van der Waals surface area contributed by atoms with Crippen molar-refractivity contribution < 1.29 is 9.74 Å². The molecule has 9 heteroatoms. The van der Waals surface area contributed by atoms with Gasteiger partial charge >= 0.3 is 0 Å². The number of rotatable bonds is 4. The molecule has 1 fully saturated rings. The fourth-order valence-electron chi connectivity index (χ4n) is 3.47. The average Bonchev–Trinajstić information content (AvgIpc) is 3.33. The molecule has 0 spiro atoms. The second kappa shape index (κ2) is 6.65. The maximum Gasteiger partial charge on any atom is 0.181 e. The number of fused-ring (bicyclic) bond motifs is 1. The molecule has 0 unspecified atom stereocenters. The van der Waals surface area contributed by atoms with Crippen LogP contribution in [0.5, 0.6) is 0 Å². The maximum absolute atomic E-state index is 9.61. The highest BCUT2D eigenvalue weighted by molar-refractivity contribution is 5.74. The Labute approximate surface area is 157 Å². The first kappa shape index (κ1) is 18.0. The molecule has 0 aliphatic carbocycles. The van der Waals surface area contributed by atoms with E-state index in [1.54, 1.807) is 0 Å². The molecule has 27 heavy (non-hydrogen) atoms. The Balaban J connectivity index is 1.82. The molecule has 4 rings (SSSR count). The van der Waals surface area contributed by atoms with Crippen molar-refractivity contribution in [3.63, 3.8) is 0 Å². The standard InChI is InChI=1S/C18H25N7O2/c1-10-11(24-27-23-10)8-12-14-16(22-17(19-12)18(2,3)4)21-15(20-14)13-6-5-7-25(13)9-26/h13,26H,5-9H2,1-4H3,(H,19,20,21,22)/t13-/m1/s1. The highest BCUT2D eigenvalue weighted by Gasteiger charge is 2.29. The van der Waals surface area contributed by atoms with Crippen LogP contribution in [0.1, 0.15) is 68.4 Å². The van der Waals surface area contributed by atoms with Crippen LogP contribution < -0.4 is 0 Å². The largest absolute Gasteiger partial charge is 0.381 e. The summed E-state index contributed by atoms with van der Waals surface area (Å²) in [5.41, 5.74) is 3.59. The number of aliphatic hydroxyl groups excluding tert-OH is 1. The van der Waals surface area contributed by atoms with Gasteiger partial charge in [-0.1, -0.05) is 31.1 Å². The van der Waals surface area contributed by atoms with E-state index in [9.17, 15) is 5.11 Å².